The second-order valence-electron chi connectivity index (χ2n) is 8.62. The summed E-state index contributed by atoms with van der Waals surface area (Å²) in [7, 11) is 0. The number of unbranched alkanes of at least 4 members (excludes halogenated alkanes) is 13. The van der Waals surface area contributed by atoms with E-state index < -0.39 is 0 Å². The molecule has 0 aromatic heterocycles. The van der Waals surface area contributed by atoms with Gasteiger partial charge in [-0.15, -0.1) is 0 Å². The molecule has 1 rings (SSSR count). The second kappa shape index (κ2) is 19.6. The molecule has 0 N–H and O–H groups in total. The summed E-state index contributed by atoms with van der Waals surface area (Å²) in [5.74, 6) is -0.214. The van der Waals surface area contributed by atoms with Gasteiger partial charge < -0.3 is 9.47 Å². The van der Waals surface area contributed by atoms with Gasteiger partial charge in [0.25, 0.3) is 0 Å². The van der Waals surface area contributed by atoms with E-state index in [0.29, 0.717) is 13.2 Å². The zero-order chi connectivity index (χ0) is 21.7. The molecule has 1 unspecified atom stereocenters. The molecule has 0 aliphatic carbocycles. The molecule has 1 atom stereocenters. The fraction of sp³-hybridized carbons (Fsp3) is 0.741. The Bertz CT molecular complexity index is 500. The molecule has 0 radical (unpaired) electrons. The lowest BCUT2D eigenvalue weighted by Gasteiger charge is -2.17. The molecule has 0 saturated carbocycles. The number of hydrogen-bond acceptors (Lipinski definition) is 3. The van der Waals surface area contributed by atoms with Crippen molar-refractivity contribution in [3.8, 4) is 0 Å². The molecule has 0 amide bonds. The van der Waals surface area contributed by atoms with Gasteiger partial charge in [-0.25, -0.2) is 0 Å². The van der Waals surface area contributed by atoms with Gasteiger partial charge in [0.05, 0.1) is 13.2 Å². The molecule has 1 aromatic rings. The van der Waals surface area contributed by atoms with E-state index in [0.717, 1.165) is 18.4 Å². The number of carbonyl (C=O) groups is 1. The van der Waals surface area contributed by atoms with E-state index in [1.54, 1.807) is 0 Å². The summed E-state index contributed by atoms with van der Waals surface area (Å²) in [5.41, 5.74) is 1.15. The molecule has 0 saturated heterocycles. The maximum absolute atomic E-state index is 11.4. The van der Waals surface area contributed by atoms with Gasteiger partial charge in [-0.2, -0.15) is 0 Å². The van der Waals surface area contributed by atoms with Crippen molar-refractivity contribution in [1.82, 2.24) is 0 Å². The zero-order valence-corrected chi connectivity index (χ0v) is 19.7. The minimum Gasteiger partial charge on any atom is -0.460 e. The van der Waals surface area contributed by atoms with Gasteiger partial charge in [0.15, 0.2) is 0 Å². The first-order valence-electron chi connectivity index (χ1n) is 12.5. The lowest BCUT2D eigenvalue weighted by Crippen LogP contribution is -2.22. The van der Waals surface area contributed by atoms with E-state index in [9.17, 15) is 4.79 Å². The van der Waals surface area contributed by atoms with E-state index in [1.165, 1.54) is 90.4 Å². The van der Waals surface area contributed by atoms with Crippen LogP contribution in [0, 0.1) is 0 Å². The van der Waals surface area contributed by atoms with Gasteiger partial charge in [0, 0.05) is 6.92 Å². The smallest absolute Gasteiger partial charge is 0.302 e. The third kappa shape index (κ3) is 16.4. The Kier molecular flexibility index (Phi) is 17.4. The molecule has 0 spiro atoms. The largest absolute Gasteiger partial charge is 0.460 e. The standard InChI is InChI=1S/C27H46O3/c1-3-4-5-6-7-8-9-10-11-12-13-14-15-19-22-27(30-25(2)28)24-29-23-26-20-17-16-18-21-26/h16-18,20-21,27H,3-15,19,22-24H2,1-2H3. The van der Waals surface area contributed by atoms with Gasteiger partial charge >= 0.3 is 5.97 Å². The predicted molar refractivity (Wildman–Crippen MR) is 127 cm³/mol. The first kappa shape index (κ1) is 26.7. The van der Waals surface area contributed by atoms with Crippen LogP contribution < -0.4 is 0 Å². The Balaban J connectivity index is 1.96. The van der Waals surface area contributed by atoms with E-state index in [4.69, 9.17) is 9.47 Å². The molecule has 0 aliphatic heterocycles. The number of esters is 1. The zero-order valence-electron chi connectivity index (χ0n) is 19.7. The summed E-state index contributed by atoms with van der Waals surface area (Å²) in [6, 6.07) is 10.1. The minimum atomic E-state index is -0.214. The molecule has 3 heteroatoms. The Morgan fingerprint density at radius 2 is 1.27 bits per heavy atom. The van der Waals surface area contributed by atoms with Crippen LogP contribution in [0.2, 0.25) is 0 Å². The van der Waals surface area contributed by atoms with E-state index in [-0.39, 0.29) is 12.1 Å². The molecule has 1 aromatic carbocycles. The van der Waals surface area contributed by atoms with Crippen LogP contribution in [-0.2, 0) is 20.9 Å². The van der Waals surface area contributed by atoms with Crippen molar-refractivity contribution in [2.45, 2.75) is 123 Å². The fourth-order valence-corrected chi connectivity index (χ4v) is 3.86. The van der Waals surface area contributed by atoms with Crippen LogP contribution in [0.1, 0.15) is 116 Å². The van der Waals surface area contributed by atoms with Crippen LogP contribution >= 0.6 is 0 Å². The van der Waals surface area contributed by atoms with Crippen LogP contribution in [-0.4, -0.2) is 18.7 Å². The Morgan fingerprint density at radius 1 is 0.767 bits per heavy atom. The third-order valence-corrected chi connectivity index (χ3v) is 5.63. The Hall–Kier alpha value is -1.35. The summed E-state index contributed by atoms with van der Waals surface area (Å²) in [6.45, 7) is 4.81. The average Bonchev–Trinajstić information content (AvgIpc) is 2.74. The highest BCUT2D eigenvalue weighted by Gasteiger charge is 2.12. The molecule has 3 nitrogen and oxygen atoms in total. The third-order valence-electron chi connectivity index (χ3n) is 5.63. The quantitative estimate of drug-likeness (QED) is 0.159. The Labute approximate surface area is 185 Å². The van der Waals surface area contributed by atoms with E-state index >= 15 is 0 Å². The van der Waals surface area contributed by atoms with Crippen molar-refractivity contribution < 1.29 is 14.3 Å². The molecular formula is C27H46O3. The maximum atomic E-state index is 11.4. The van der Waals surface area contributed by atoms with Gasteiger partial charge in [0.2, 0.25) is 0 Å². The highest BCUT2D eigenvalue weighted by molar-refractivity contribution is 5.66. The SMILES string of the molecule is CCCCCCCCCCCCCCCCC(COCc1ccccc1)OC(C)=O. The molecular weight excluding hydrogens is 372 g/mol. The van der Waals surface area contributed by atoms with Crippen molar-refractivity contribution in [3.63, 3.8) is 0 Å². The maximum Gasteiger partial charge on any atom is 0.302 e. The number of carbonyl (C=O) groups excluding carboxylic acids is 1. The van der Waals surface area contributed by atoms with E-state index in [2.05, 4.69) is 19.1 Å². The molecule has 30 heavy (non-hydrogen) atoms. The molecule has 0 aliphatic rings. The topological polar surface area (TPSA) is 35.5 Å². The van der Waals surface area contributed by atoms with Gasteiger partial charge in [-0.05, 0) is 18.4 Å². The number of benzene rings is 1. The number of hydrogen-bond donors (Lipinski definition) is 0. The van der Waals surface area contributed by atoms with Crippen molar-refractivity contribution in [1.29, 1.82) is 0 Å². The summed E-state index contributed by atoms with van der Waals surface area (Å²) in [5, 5.41) is 0. The lowest BCUT2D eigenvalue weighted by atomic mass is 10.0. The highest BCUT2D eigenvalue weighted by Crippen LogP contribution is 2.15. The van der Waals surface area contributed by atoms with Gasteiger partial charge in [-0.3, -0.25) is 4.79 Å². The molecule has 172 valence electrons. The Morgan fingerprint density at radius 3 is 1.77 bits per heavy atom. The minimum absolute atomic E-state index is 0.122. The second-order valence-corrected chi connectivity index (χ2v) is 8.62. The normalized spacial score (nSPS) is 12.1. The van der Waals surface area contributed by atoms with Crippen molar-refractivity contribution >= 4 is 5.97 Å². The van der Waals surface area contributed by atoms with Crippen LogP contribution in [0.25, 0.3) is 0 Å². The van der Waals surface area contributed by atoms with Crippen LogP contribution in [0.15, 0.2) is 30.3 Å². The van der Waals surface area contributed by atoms with Crippen LogP contribution in [0.5, 0.6) is 0 Å². The predicted octanol–water partition coefficient (Wildman–Crippen LogP) is 8.01. The first-order valence-corrected chi connectivity index (χ1v) is 12.5. The summed E-state index contributed by atoms with van der Waals surface area (Å²) in [6.07, 6.45) is 19.7. The summed E-state index contributed by atoms with van der Waals surface area (Å²) >= 11 is 0. The number of ether oxygens (including phenoxy) is 2. The van der Waals surface area contributed by atoms with Crippen LogP contribution in [0.4, 0.5) is 0 Å². The first-order chi connectivity index (χ1) is 14.7. The van der Waals surface area contributed by atoms with Gasteiger partial charge in [-0.1, -0.05) is 121 Å². The van der Waals surface area contributed by atoms with Crippen molar-refractivity contribution in [3.05, 3.63) is 35.9 Å². The average molecular weight is 419 g/mol. The lowest BCUT2D eigenvalue weighted by molar-refractivity contribution is -0.150. The van der Waals surface area contributed by atoms with Crippen LogP contribution in [0.3, 0.4) is 0 Å². The molecule has 0 bridgehead atoms. The van der Waals surface area contributed by atoms with Crippen molar-refractivity contribution in [2.75, 3.05) is 6.61 Å². The fourth-order valence-electron chi connectivity index (χ4n) is 3.86. The monoisotopic (exact) mass is 418 g/mol. The number of rotatable bonds is 20. The summed E-state index contributed by atoms with van der Waals surface area (Å²) in [4.78, 5) is 11.4. The molecule has 0 fully saturated rings. The highest BCUT2D eigenvalue weighted by atomic mass is 16.6. The molecule has 0 heterocycles. The van der Waals surface area contributed by atoms with E-state index in [1.807, 2.05) is 18.2 Å². The summed E-state index contributed by atoms with van der Waals surface area (Å²) < 4.78 is 11.2. The van der Waals surface area contributed by atoms with Gasteiger partial charge in [0.1, 0.15) is 6.10 Å². The van der Waals surface area contributed by atoms with Crippen molar-refractivity contribution in [2.24, 2.45) is 0 Å².